The molecule has 0 saturated heterocycles. The minimum Gasteiger partial charge on any atom is -0.296 e. The van der Waals surface area contributed by atoms with E-state index < -0.39 is 5.97 Å². The molecule has 0 aromatic carbocycles. The zero-order valence-corrected chi connectivity index (χ0v) is 11.7. The molecule has 0 heterocycles. The predicted octanol–water partition coefficient (Wildman–Crippen LogP) is 3.97. The fourth-order valence-corrected chi connectivity index (χ4v) is 2.23. The molecule has 17 heavy (non-hydrogen) atoms. The Morgan fingerprint density at radius 2 is 1.76 bits per heavy atom. The van der Waals surface area contributed by atoms with Crippen LogP contribution < -0.4 is 0 Å². The van der Waals surface area contributed by atoms with E-state index in [2.05, 4.69) is 25.7 Å². The van der Waals surface area contributed by atoms with Gasteiger partial charge < -0.3 is 0 Å². The number of allylic oxidation sites excluding steroid dienone is 3. The van der Waals surface area contributed by atoms with Crippen LogP contribution in [0.4, 0.5) is 0 Å². The largest absolute Gasteiger partial charge is 0.369 e. The quantitative estimate of drug-likeness (QED) is 0.350. The van der Waals surface area contributed by atoms with Gasteiger partial charge in [0, 0.05) is 5.57 Å². The fourth-order valence-electron chi connectivity index (χ4n) is 2.23. The Balaban J connectivity index is 5.23. The van der Waals surface area contributed by atoms with Crippen LogP contribution in [0.3, 0.4) is 0 Å². The summed E-state index contributed by atoms with van der Waals surface area (Å²) in [5.41, 5.74) is 0.222. The van der Waals surface area contributed by atoms with Gasteiger partial charge in [-0.2, -0.15) is 5.26 Å². The minimum atomic E-state index is -0.683. The molecule has 0 saturated carbocycles. The van der Waals surface area contributed by atoms with E-state index in [0.29, 0.717) is 5.57 Å². The molecule has 0 atom stereocenters. The van der Waals surface area contributed by atoms with Gasteiger partial charge in [0.2, 0.25) is 0 Å². The molecule has 3 nitrogen and oxygen atoms in total. The normalized spacial score (nSPS) is 14.2. The van der Waals surface area contributed by atoms with Crippen LogP contribution in [0.15, 0.2) is 23.8 Å². The van der Waals surface area contributed by atoms with Crippen LogP contribution in [0, 0.1) is 10.8 Å². The lowest BCUT2D eigenvalue weighted by Crippen LogP contribution is -2.27. The van der Waals surface area contributed by atoms with Crippen molar-refractivity contribution in [3.63, 3.8) is 0 Å². The second kappa shape index (κ2) is 6.01. The van der Waals surface area contributed by atoms with Crippen LogP contribution in [0.5, 0.6) is 0 Å². The van der Waals surface area contributed by atoms with Crippen molar-refractivity contribution in [1.29, 1.82) is 0 Å². The summed E-state index contributed by atoms with van der Waals surface area (Å²) in [5.74, 6) is -0.683. The van der Waals surface area contributed by atoms with Crippen molar-refractivity contribution in [3.05, 3.63) is 23.8 Å². The van der Waals surface area contributed by atoms with Gasteiger partial charge in [0.25, 0.3) is 0 Å². The van der Waals surface area contributed by atoms with Crippen molar-refractivity contribution < 1.29 is 14.9 Å². The molecule has 0 aliphatic carbocycles. The Kier molecular flexibility index (Phi) is 5.62. The fraction of sp³-hybridized carbons (Fsp3) is 0.643. The highest BCUT2D eigenvalue weighted by Crippen LogP contribution is 2.39. The van der Waals surface area contributed by atoms with Gasteiger partial charge in [-0.15, -0.1) is 0 Å². The van der Waals surface area contributed by atoms with E-state index in [0.717, 1.165) is 6.42 Å². The Labute approximate surface area is 104 Å². The van der Waals surface area contributed by atoms with Crippen molar-refractivity contribution >= 4 is 5.97 Å². The summed E-state index contributed by atoms with van der Waals surface area (Å²) in [5, 5.41) is 8.55. The standard InChI is InChI=1S/C14H24O3/c1-7-8-9-11(12(15)17-16)14(5,6)10-13(2,3)4/h7-9,16H,10H2,1-6H3/b8-7+,11-9-. The van der Waals surface area contributed by atoms with E-state index in [9.17, 15) is 4.79 Å². The molecule has 1 N–H and O–H groups in total. The van der Waals surface area contributed by atoms with Crippen molar-refractivity contribution in [1.82, 2.24) is 0 Å². The molecule has 0 aromatic rings. The first-order chi connectivity index (χ1) is 7.64. The third-order valence-electron chi connectivity index (χ3n) is 2.46. The lowest BCUT2D eigenvalue weighted by molar-refractivity contribution is -0.230. The molecule has 0 bridgehead atoms. The van der Waals surface area contributed by atoms with E-state index in [1.54, 1.807) is 12.2 Å². The number of hydrogen-bond donors (Lipinski definition) is 1. The molecule has 0 rings (SSSR count). The summed E-state index contributed by atoms with van der Waals surface area (Å²) in [7, 11) is 0. The lowest BCUT2D eigenvalue weighted by atomic mass is 9.72. The summed E-state index contributed by atoms with van der Waals surface area (Å²) in [6.45, 7) is 12.2. The third-order valence-corrected chi connectivity index (χ3v) is 2.46. The van der Waals surface area contributed by atoms with Gasteiger partial charge in [-0.3, -0.25) is 4.89 Å². The number of rotatable bonds is 4. The minimum absolute atomic E-state index is 0.0915. The molecular weight excluding hydrogens is 216 g/mol. The zero-order chi connectivity index (χ0) is 13.7. The van der Waals surface area contributed by atoms with Crippen molar-refractivity contribution in [2.45, 2.75) is 48.0 Å². The maximum Gasteiger partial charge on any atom is 0.369 e. The monoisotopic (exact) mass is 240 g/mol. The summed E-state index contributed by atoms with van der Waals surface area (Å²) in [6.07, 6.45) is 6.12. The molecular formula is C14H24O3. The van der Waals surface area contributed by atoms with Crippen LogP contribution in [0.1, 0.15) is 48.0 Å². The van der Waals surface area contributed by atoms with Crippen LogP contribution in [-0.2, 0) is 9.68 Å². The molecule has 98 valence electrons. The van der Waals surface area contributed by atoms with Crippen molar-refractivity contribution in [2.75, 3.05) is 0 Å². The molecule has 0 fully saturated rings. The smallest absolute Gasteiger partial charge is 0.296 e. The first-order valence-corrected chi connectivity index (χ1v) is 5.83. The van der Waals surface area contributed by atoms with Crippen LogP contribution in [-0.4, -0.2) is 11.2 Å². The number of carbonyl (C=O) groups excluding carboxylic acids is 1. The molecule has 0 radical (unpaired) electrons. The summed E-state index contributed by atoms with van der Waals surface area (Å²) in [4.78, 5) is 15.4. The molecule has 0 aliphatic rings. The Hall–Kier alpha value is -1.09. The first-order valence-electron chi connectivity index (χ1n) is 5.83. The maximum atomic E-state index is 11.6. The van der Waals surface area contributed by atoms with Gasteiger partial charge in [-0.1, -0.05) is 52.8 Å². The van der Waals surface area contributed by atoms with E-state index >= 15 is 0 Å². The maximum absolute atomic E-state index is 11.6. The second-order valence-corrected chi connectivity index (χ2v) is 6.11. The average Bonchev–Trinajstić information content (AvgIpc) is 2.13. The highest BCUT2D eigenvalue weighted by molar-refractivity contribution is 5.89. The van der Waals surface area contributed by atoms with Gasteiger partial charge in [0.15, 0.2) is 0 Å². The predicted molar refractivity (Wildman–Crippen MR) is 69.5 cm³/mol. The molecule has 0 amide bonds. The van der Waals surface area contributed by atoms with E-state index in [-0.39, 0.29) is 10.8 Å². The van der Waals surface area contributed by atoms with Gasteiger partial charge in [0.1, 0.15) is 0 Å². The highest BCUT2D eigenvalue weighted by atomic mass is 17.1. The SMILES string of the molecule is C/C=C/C=C(/C(=O)OO)C(C)(C)CC(C)(C)C. The lowest BCUT2D eigenvalue weighted by Gasteiger charge is -2.33. The van der Waals surface area contributed by atoms with Gasteiger partial charge >= 0.3 is 5.97 Å². The topological polar surface area (TPSA) is 46.5 Å². The Bertz CT molecular complexity index is 317. The summed E-state index contributed by atoms with van der Waals surface area (Å²) >= 11 is 0. The second-order valence-electron chi connectivity index (χ2n) is 6.11. The first kappa shape index (κ1) is 15.9. The van der Waals surface area contributed by atoms with E-state index in [4.69, 9.17) is 5.26 Å². The number of hydrogen-bond acceptors (Lipinski definition) is 3. The van der Waals surface area contributed by atoms with Gasteiger partial charge in [-0.05, 0) is 24.2 Å². The van der Waals surface area contributed by atoms with Crippen LogP contribution >= 0.6 is 0 Å². The van der Waals surface area contributed by atoms with E-state index in [1.165, 1.54) is 0 Å². The van der Waals surface area contributed by atoms with Crippen LogP contribution in [0.2, 0.25) is 0 Å². The highest BCUT2D eigenvalue weighted by Gasteiger charge is 2.33. The van der Waals surface area contributed by atoms with E-state index in [1.807, 2.05) is 26.8 Å². The van der Waals surface area contributed by atoms with Gasteiger partial charge in [-0.25, -0.2) is 4.79 Å². The summed E-state index contributed by atoms with van der Waals surface area (Å²) < 4.78 is 0. The number of carbonyl (C=O) groups is 1. The molecule has 0 aromatic heterocycles. The van der Waals surface area contributed by atoms with Gasteiger partial charge in [0.05, 0.1) is 0 Å². The van der Waals surface area contributed by atoms with Crippen LogP contribution in [0.25, 0.3) is 0 Å². The zero-order valence-electron chi connectivity index (χ0n) is 11.7. The Morgan fingerprint density at radius 3 is 2.12 bits per heavy atom. The van der Waals surface area contributed by atoms with Crippen molar-refractivity contribution in [2.24, 2.45) is 10.8 Å². The molecule has 0 spiro atoms. The average molecular weight is 240 g/mol. The van der Waals surface area contributed by atoms with Crippen molar-refractivity contribution in [3.8, 4) is 0 Å². The molecule has 0 aliphatic heterocycles. The molecule has 3 heteroatoms. The third kappa shape index (κ3) is 5.68. The molecule has 0 unspecified atom stereocenters. The summed E-state index contributed by atoms with van der Waals surface area (Å²) in [6, 6.07) is 0. The Morgan fingerprint density at radius 1 is 1.24 bits per heavy atom.